The number of nitrogens with zero attached hydrogens (tertiary/aromatic N) is 6. The molecule has 0 aromatic carbocycles. The monoisotopic (exact) mass is 435 g/mol. The first-order chi connectivity index (χ1) is 15.7. The lowest BCUT2D eigenvalue weighted by Crippen LogP contribution is -2.37. The number of aliphatic hydroxyl groups is 1. The van der Waals surface area contributed by atoms with E-state index in [1.165, 1.54) is 7.11 Å². The maximum atomic E-state index is 9.76. The number of morpholine rings is 1. The molecule has 4 aromatic rings. The number of ether oxygens (including phenoxy) is 2. The standard InChI is InChI=1S/C22H25N7O3/c1-14-10-17(15-12-24-16-4-3-5-23-21(15)16)27-29(14)20-11-19(28-6-8-32-9-7-28)25-22(26-20)18(13-30)31-2/h3-5,10-12,18,24,30H,6-9,13H2,1-2H3. The molecule has 2 N–H and O–H groups in total. The number of H-pyrrole nitrogens is 1. The normalized spacial score (nSPS) is 15.4. The summed E-state index contributed by atoms with van der Waals surface area (Å²) in [5, 5.41) is 14.6. The summed E-state index contributed by atoms with van der Waals surface area (Å²) in [4.78, 5) is 19.2. The molecule has 1 aliphatic heterocycles. The van der Waals surface area contributed by atoms with Crippen LogP contribution in [0.5, 0.6) is 0 Å². The second-order valence-corrected chi connectivity index (χ2v) is 7.63. The topological polar surface area (TPSA) is 114 Å². The molecule has 32 heavy (non-hydrogen) atoms. The van der Waals surface area contributed by atoms with Crippen molar-refractivity contribution in [1.82, 2.24) is 29.7 Å². The molecule has 1 aliphatic rings. The number of hydrogen-bond acceptors (Lipinski definition) is 8. The van der Waals surface area contributed by atoms with Crippen LogP contribution in [0.3, 0.4) is 0 Å². The lowest BCUT2D eigenvalue weighted by atomic mass is 10.2. The van der Waals surface area contributed by atoms with Crippen LogP contribution in [0.1, 0.15) is 17.6 Å². The van der Waals surface area contributed by atoms with Crippen molar-refractivity contribution in [2.75, 3.05) is 44.9 Å². The van der Waals surface area contributed by atoms with Crippen LogP contribution in [-0.4, -0.2) is 74.8 Å². The average Bonchev–Trinajstić information content (AvgIpc) is 3.44. The lowest BCUT2D eigenvalue weighted by Gasteiger charge is -2.28. The number of anilines is 1. The van der Waals surface area contributed by atoms with Crippen LogP contribution in [-0.2, 0) is 9.47 Å². The molecule has 5 heterocycles. The van der Waals surface area contributed by atoms with E-state index in [0.29, 0.717) is 24.9 Å². The maximum Gasteiger partial charge on any atom is 0.164 e. The Bertz CT molecular complexity index is 1230. The van der Waals surface area contributed by atoms with E-state index < -0.39 is 6.10 Å². The number of fused-ring (bicyclic) bond motifs is 1. The molecular weight excluding hydrogens is 410 g/mol. The van der Waals surface area contributed by atoms with Gasteiger partial charge >= 0.3 is 0 Å². The van der Waals surface area contributed by atoms with E-state index in [0.717, 1.165) is 46.9 Å². The Morgan fingerprint density at radius 1 is 1.22 bits per heavy atom. The molecule has 10 nitrogen and oxygen atoms in total. The minimum Gasteiger partial charge on any atom is -0.393 e. The first-order valence-electron chi connectivity index (χ1n) is 10.5. The predicted molar refractivity (Wildman–Crippen MR) is 119 cm³/mol. The fourth-order valence-corrected chi connectivity index (χ4v) is 3.90. The number of aryl methyl sites for hydroxylation is 1. The van der Waals surface area contributed by atoms with Gasteiger partial charge in [0.05, 0.1) is 36.5 Å². The van der Waals surface area contributed by atoms with Crippen LogP contribution in [0.4, 0.5) is 5.82 Å². The molecule has 1 unspecified atom stereocenters. The average molecular weight is 435 g/mol. The number of rotatable bonds is 6. The Morgan fingerprint density at radius 2 is 2.03 bits per heavy atom. The summed E-state index contributed by atoms with van der Waals surface area (Å²) in [6.07, 6.45) is 3.07. The van der Waals surface area contributed by atoms with Gasteiger partial charge in [-0.25, -0.2) is 14.6 Å². The quantitative estimate of drug-likeness (QED) is 0.473. The lowest BCUT2D eigenvalue weighted by molar-refractivity contribution is 0.0422. The molecule has 0 bridgehead atoms. The van der Waals surface area contributed by atoms with Gasteiger partial charge in [0, 0.05) is 49.9 Å². The second-order valence-electron chi connectivity index (χ2n) is 7.63. The van der Waals surface area contributed by atoms with Gasteiger partial charge in [0.15, 0.2) is 11.6 Å². The summed E-state index contributed by atoms with van der Waals surface area (Å²) >= 11 is 0. The van der Waals surface area contributed by atoms with E-state index in [4.69, 9.17) is 14.6 Å². The molecule has 4 aromatic heterocycles. The number of nitrogens with one attached hydrogen (secondary N) is 1. The molecular formula is C22H25N7O3. The van der Waals surface area contributed by atoms with E-state index in [9.17, 15) is 5.11 Å². The van der Waals surface area contributed by atoms with E-state index in [-0.39, 0.29) is 6.61 Å². The third-order valence-corrected chi connectivity index (χ3v) is 5.61. The van der Waals surface area contributed by atoms with Crippen molar-refractivity contribution in [3.05, 3.63) is 48.2 Å². The predicted octanol–water partition coefficient (Wildman–Crippen LogP) is 2.03. The minimum absolute atomic E-state index is 0.215. The van der Waals surface area contributed by atoms with Crippen LogP contribution in [0.2, 0.25) is 0 Å². The Hall–Kier alpha value is -3.34. The summed E-state index contributed by atoms with van der Waals surface area (Å²) < 4.78 is 12.7. The van der Waals surface area contributed by atoms with Crippen LogP contribution in [0.15, 0.2) is 36.7 Å². The number of pyridine rings is 1. The van der Waals surface area contributed by atoms with E-state index in [1.54, 1.807) is 10.9 Å². The van der Waals surface area contributed by atoms with Gasteiger partial charge in [-0.2, -0.15) is 5.10 Å². The molecule has 1 fully saturated rings. The molecule has 1 saturated heterocycles. The minimum atomic E-state index is -0.622. The molecule has 1 atom stereocenters. The number of aromatic amines is 1. The Morgan fingerprint density at radius 3 is 2.81 bits per heavy atom. The first kappa shape index (κ1) is 20.6. The summed E-state index contributed by atoms with van der Waals surface area (Å²) in [5.41, 5.74) is 4.47. The number of methoxy groups -OCH3 is 1. The molecule has 10 heteroatoms. The molecule has 0 saturated carbocycles. The SMILES string of the molecule is COC(CO)c1nc(N2CCOCC2)cc(-n2nc(-c3c[nH]c4cccnc34)cc2C)n1. The van der Waals surface area contributed by atoms with E-state index >= 15 is 0 Å². The van der Waals surface area contributed by atoms with Crippen molar-refractivity contribution in [3.8, 4) is 17.1 Å². The highest BCUT2D eigenvalue weighted by Crippen LogP contribution is 2.28. The smallest absolute Gasteiger partial charge is 0.164 e. The van der Waals surface area contributed by atoms with Crippen LogP contribution in [0.25, 0.3) is 28.1 Å². The van der Waals surface area contributed by atoms with Crippen molar-refractivity contribution < 1.29 is 14.6 Å². The van der Waals surface area contributed by atoms with Gasteiger partial charge in [0.25, 0.3) is 0 Å². The summed E-state index contributed by atoms with van der Waals surface area (Å²) in [5.74, 6) is 1.79. The number of aromatic nitrogens is 6. The zero-order valence-corrected chi connectivity index (χ0v) is 18.0. The summed E-state index contributed by atoms with van der Waals surface area (Å²) in [6, 6.07) is 7.81. The zero-order valence-electron chi connectivity index (χ0n) is 18.0. The molecule has 5 rings (SSSR count). The Balaban J connectivity index is 1.60. The van der Waals surface area contributed by atoms with Gasteiger partial charge in [-0.05, 0) is 25.1 Å². The summed E-state index contributed by atoms with van der Waals surface area (Å²) in [6.45, 7) is 4.51. The fourth-order valence-electron chi connectivity index (χ4n) is 3.90. The van der Waals surface area contributed by atoms with Gasteiger partial charge in [0.2, 0.25) is 0 Å². The highest BCUT2D eigenvalue weighted by molar-refractivity contribution is 5.91. The van der Waals surface area contributed by atoms with Gasteiger partial charge < -0.3 is 24.5 Å². The number of aliphatic hydroxyl groups excluding tert-OH is 1. The van der Waals surface area contributed by atoms with Crippen LogP contribution < -0.4 is 4.90 Å². The Kier molecular flexibility index (Phi) is 5.56. The van der Waals surface area contributed by atoms with Crippen molar-refractivity contribution in [2.24, 2.45) is 0 Å². The third kappa shape index (κ3) is 3.72. The van der Waals surface area contributed by atoms with Gasteiger partial charge in [-0.15, -0.1) is 0 Å². The Labute approximate surface area is 184 Å². The van der Waals surface area contributed by atoms with Gasteiger partial charge in [-0.1, -0.05) is 0 Å². The molecule has 0 amide bonds. The van der Waals surface area contributed by atoms with Gasteiger partial charge in [0.1, 0.15) is 11.9 Å². The first-order valence-corrected chi connectivity index (χ1v) is 10.5. The zero-order chi connectivity index (χ0) is 22.1. The van der Waals surface area contributed by atoms with Crippen molar-refractivity contribution in [2.45, 2.75) is 13.0 Å². The van der Waals surface area contributed by atoms with Crippen molar-refractivity contribution in [1.29, 1.82) is 0 Å². The second kappa shape index (κ2) is 8.65. The maximum absolute atomic E-state index is 9.76. The van der Waals surface area contributed by atoms with Crippen LogP contribution >= 0.6 is 0 Å². The fraction of sp³-hybridized carbons (Fsp3) is 0.364. The highest BCUT2D eigenvalue weighted by Gasteiger charge is 2.21. The molecule has 0 aliphatic carbocycles. The van der Waals surface area contributed by atoms with Crippen LogP contribution in [0, 0.1) is 6.92 Å². The molecule has 0 spiro atoms. The number of hydrogen-bond donors (Lipinski definition) is 2. The van der Waals surface area contributed by atoms with E-state index in [2.05, 4.69) is 24.8 Å². The van der Waals surface area contributed by atoms with Crippen molar-refractivity contribution >= 4 is 16.9 Å². The largest absolute Gasteiger partial charge is 0.393 e. The molecule has 0 radical (unpaired) electrons. The molecule has 166 valence electrons. The summed E-state index contributed by atoms with van der Waals surface area (Å²) in [7, 11) is 1.53. The van der Waals surface area contributed by atoms with E-state index in [1.807, 2.05) is 37.4 Å². The van der Waals surface area contributed by atoms with Crippen molar-refractivity contribution in [3.63, 3.8) is 0 Å². The third-order valence-electron chi connectivity index (χ3n) is 5.61. The van der Waals surface area contributed by atoms with Gasteiger partial charge in [-0.3, -0.25) is 4.98 Å². The highest BCUT2D eigenvalue weighted by atomic mass is 16.5.